The maximum absolute atomic E-state index is 12.3. The minimum absolute atomic E-state index is 0.0618. The molecule has 2 rings (SSSR count). The van der Waals surface area contributed by atoms with E-state index in [1.165, 1.54) is 12.1 Å². The summed E-state index contributed by atoms with van der Waals surface area (Å²) in [5, 5.41) is 10.8. The van der Waals surface area contributed by atoms with Crippen molar-refractivity contribution in [2.24, 2.45) is 0 Å². The van der Waals surface area contributed by atoms with Gasteiger partial charge in [0.25, 0.3) is 0 Å². The van der Waals surface area contributed by atoms with Crippen LogP contribution in [0, 0.1) is 6.92 Å². The first kappa shape index (κ1) is 18.9. The molecular formula is C18H22ClNO3S. The van der Waals surface area contributed by atoms with Gasteiger partial charge < -0.3 is 5.11 Å². The molecule has 130 valence electrons. The molecule has 0 bridgehead atoms. The Labute approximate surface area is 148 Å². The van der Waals surface area contributed by atoms with Gasteiger partial charge >= 0.3 is 0 Å². The van der Waals surface area contributed by atoms with E-state index in [0.29, 0.717) is 17.9 Å². The number of rotatable bonds is 7. The van der Waals surface area contributed by atoms with Crippen LogP contribution in [0.25, 0.3) is 0 Å². The highest BCUT2D eigenvalue weighted by atomic mass is 35.5. The molecule has 2 aromatic carbocycles. The van der Waals surface area contributed by atoms with E-state index >= 15 is 0 Å². The molecule has 0 amide bonds. The summed E-state index contributed by atoms with van der Waals surface area (Å²) in [6.07, 6.45) is 1.13. The van der Waals surface area contributed by atoms with E-state index in [4.69, 9.17) is 11.6 Å². The molecule has 0 saturated carbocycles. The molecule has 1 unspecified atom stereocenters. The molecule has 2 N–H and O–H groups in total. The standard InChI is InChI=1S/C18H22ClNO3S/c1-14-8-9-16(12-17(14)19)24(22,23)20-13-18(2,21)11-10-15-6-4-3-5-7-15/h3-9,12,20-21H,10-11,13H2,1-2H3. The highest BCUT2D eigenvalue weighted by molar-refractivity contribution is 7.89. The molecule has 0 aliphatic heterocycles. The predicted molar refractivity (Wildman–Crippen MR) is 96.8 cm³/mol. The quantitative estimate of drug-likeness (QED) is 0.789. The fourth-order valence-corrected chi connectivity index (χ4v) is 3.65. The highest BCUT2D eigenvalue weighted by Crippen LogP contribution is 2.20. The number of aryl methyl sites for hydroxylation is 2. The van der Waals surface area contributed by atoms with Crippen molar-refractivity contribution < 1.29 is 13.5 Å². The van der Waals surface area contributed by atoms with Crippen molar-refractivity contribution in [3.05, 3.63) is 64.7 Å². The van der Waals surface area contributed by atoms with Gasteiger partial charge in [-0.05, 0) is 49.9 Å². The van der Waals surface area contributed by atoms with Crippen molar-refractivity contribution in [2.45, 2.75) is 37.2 Å². The molecule has 24 heavy (non-hydrogen) atoms. The van der Waals surface area contributed by atoms with Crippen LogP contribution >= 0.6 is 11.6 Å². The SMILES string of the molecule is Cc1ccc(S(=O)(=O)NCC(C)(O)CCc2ccccc2)cc1Cl. The first-order chi connectivity index (χ1) is 11.2. The molecule has 0 radical (unpaired) electrons. The van der Waals surface area contributed by atoms with Gasteiger partial charge in [0.15, 0.2) is 0 Å². The van der Waals surface area contributed by atoms with Crippen LogP contribution in [0.4, 0.5) is 0 Å². The van der Waals surface area contributed by atoms with Crippen LogP contribution in [-0.4, -0.2) is 25.7 Å². The molecule has 4 nitrogen and oxygen atoms in total. The zero-order chi connectivity index (χ0) is 17.8. The Hall–Kier alpha value is -1.40. The van der Waals surface area contributed by atoms with Gasteiger partial charge in [-0.1, -0.05) is 48.0 Å². The minimum Gasteiger partial charge on any atom is -0.389 e. The fraction of sp³-hybridized carbons (Fsp3) is 0.333. The first-order valence-corrected chi connectivity index (χ1v) is 9.58. The summed E-state index contributed by atoms with van der Waals surface area (Å²) < 4.78 is 27.1. The molecule has 0 heterocycles. The number of nitrogens with one attached hydrogen (secondary N) is 1. The van der Waals surface area contributed by atoms with Crippen LogP contribution in [0.2, 0.25) is 5.02 Å². The summed E-state index contributed by atoms with van der Waals surface area (Å²) in [7, 11) is -3.71. The zero-order valence-corrected chi connectivity index (χ0v) is 15.4. The number of benzene rings is 2. The van der Waals surface area contributed by atoms with Gasteiger partial charge in [0.05, 0.1) is 10.5 Å². The summed E-state index contributed by atoms with van der Waals surface area (Å²) in [6.45, 7) is 3.37. The maximum Gasteiger partial charge on any atom is 0.240 e. The second-order valence-corrected chi connectivity index (χ2v) is 8.39. The van der Waals surface area contributed by atoms with Crippen LogP contribution in [-0.2, 0) is 16.4 Å². The number of hydrogen-bond acceptors (Lipinski definition) is 3. The third-order valence-corrected chi connectivity index (χ3v) is 5.70. The Balaban J connectivity index is 1.98. The van der Waals surface area contributed by atoms with Gasteiger partial charge in [0.2, 0.25) is 10.0 Å². The molecule has 6 heteroatoms. The summed E-state index contributed by atoms with van der Waals surface area (Å²) in [6, 6.07) is 14.3. The van der Waals surface area contributed by atoms with Crippen molar-refractivity contribution >= 4 is 21.6 Å². The van der Waals surface area contributed by atoms with Gasteiger partial charge in [-0.15, -0.1) is 0 Å². The van der Waals surface area contributed by atoms with Crippen molar-refractivity contribution in [2.75, 3.05) is 6.54 Å². The van der Waals surface area contributed by atoms with E-state index in [0.717, 1.165) is 11.1 Å². The highest BCUT2D eigenvalue weighted by Gasteiger charge is 2.24. The van der Waals surface area contributed by atoms with E-state index in [2.05, 4.69) is 4.72 Å². The largest absolute Gasteiger partial charge is 0.389 e. The predicted octanol–water partition coefficient (Wildman–Crippen LogP) is 3.31. The van der Waals surface area contributed by atoms with Gasteiger partial charge in [0.1, 0.15) is 0 Å². The van der Waals surface area contributed by atoms with Gasteiger partial charge in [-0.25, -0.2) is 13.1 Å². The zero-order valence-electron chi connectivity index (χ0n) is 13.8. The minimum atomic E-state index is -3.71. The average Bonchev–Trinajstić information content (AvgIpc) is 2.55. The Kier molecular flexibility index (Phi) is 6.04. The van der Waals surface area contributed by atoms with Crippen molar-refractivity contribution in [1.82, 2.24) is 4.72 Å². The Morgan fingerprint density at radius 3 is 2.46 bits per heavy atom. The maximum atomic E-state index is 12.3. The molecule has 0 saturated heterocycles. The van der Waals surface area contributed by atoms with Crippen LogP contribution in [0.3, 0.4) is 0 Å². The molecule has 0 aliphatic rings. The number of aliphatic hydroxyl groups is 1. The molecule has 2 aromatic rings. The number of sulfonamides is 1. The van der Waals surface area contributed by atoms with Gasteiger partial charge in [-0.3, -0.25) is 0 Å². The molecule has 0 aliphatic carbocycles. The third kappa shape index (κ3) is 5.31. The van der Waals surface area contributed by atoms with Crippen LogP contribution < -0.4 is 4.72 Å². The molecular weight excluding hydrogens is 346 g/mol. The van der Waals surface area contributed by atoms with E-state index in [1.807, 2.05) is 30.3 Å². The fourth-order valence-electron chi connectivity index (χ4n) is 2.22. The van der Waals surface area contributed by atoms with Crippen molar-refractivity contribution in [1.29, 1.82) is 0 Å². The lowest BCUT2D eigenvalue weighted by molar-refractivity contribution is 0.0565. The normalized spacial score (nSPS) is 14.3. The lowest BCUT2D eigenvalue weighted by Crippen LogP contribution is -2.40. The number of hydrogen-bond donors (Lipinski definition) is 2. The summed E-state index contributed by atoms with van der Waals surface area (Å²) in [5.74, 6) is 0. The summed E-state index contributed by atoms with van der Waals surface area (Å²) in [5.41, 5.74) is 0.772. The van der Waals surface area contributed by atoms with E-state index in [-0.39, 0.29) is 11.4 Å². The number of halogens is 1. The smallest absolute Gasteiger partial charge is 0.240 e. The second kappa shape index (κ2) is 7.66. The monoisotopic (exact) mass is 367 g/mol. The molecule has 0 fully saturated rings. The van der Waals surface area contributed by atoms with Crippen LogP contribution in [0.5, 0.6) is 0 Å². The molecule has 0 spiro atoms. The lowest BCUT2D eigenvalue weighted by Gasteiger charge is -2.23. The van der Waals surface area contributed by atoms with Crippen LogP contribution in [0.15, 0.2) is 53.4 Å². The van der Waals surface area contributed by atoms with Crippen molar-refractivity contribution in [3.8, 4) is 0 Å². The Morgan fingerprint density at radius 1 is 1.17 bits per heavy atom. The van der Waals surface area contributed by atoms with Crippen molar-refractivity contribution in [3.63, 3.8) is 0 Å². The van der Waals surface area contributed by atoms with Gasteiger partial charge in [-0.2, -0.15) is 0 Å². The van der Waals surface area contributed by atoms with E-state index < -0.39 is 15.6 Å². The topological polar surface area (TPSA) is 66.4 Å². The van der Waals surface area contributed by atoms with E-state index in [9.17, 15) is 13.5 Å². The van der Waals surface area contributed by atoms with Gasteiger partial charge in [0, 0.05) is 11.6 Å². The summed E-state index contributed by atoms with van der Waals surface area (Å²) >= 11 is 5.99. The Bertz CT molecular complexity index is 789. The third-order valence-electron chi connectivity index (χ3n) is 3.89. The van der Waals surface area contributed by atoms with Crippen LogP contribution in [0.1, 0.15) is 24.5 Å². The first-order valence-electron chi connectivity index (χ1n) is 7.72. The van der Waals surface area contributed by atoms with E-state index in [1.54, 1.807) is 19.9 Å². The molecule has 0 aromatic heterocycles. The second-order valence-electron chi connectivity index (χ2n) is 6.22. The Morgan fingerprint density at radius 2 is 1.83 bits per heavy atom. The average molecular weight is 368 g/mol. The lowest BCUT2D eigenvalue weighted by atomic mass is 9.97. The molecule has 1 atom stereocenters. The summed E-state index contributed by atoms with van der Waals surface area (Å²) in [4.78, 5) is 0.0944.